The van der Waals surface area contributed by atoms with Gasteiger partial charge in [-0.2, -0.15) is 23.0 Å². The van der Waals surface area contributed by atoms with Crippen LogP contribution in [0.5, 0.6) is 0 Å². The summed E-state index contributed by atoms with van der Waals surface area (Å²) in [5.41, 5.74) is 2.07. The van der Waals surface area contributed by atoms with Crippen LogP contribution < -0.4 is 10.5 Å². The van der Waals surface area contributed by atoms with Gasteiger partial charge in [-0.25, -0.2) is 0 Å². The smallest absolute Gasteiger partial charge is 0.391 e. The summed E-state index contributed by atoms with van der Waals surface area (Å²) in [7, 11) is 0. The molecule has 2 aromatic carbocycles. The molecule has 2 heterocycles. The van der Waals surface area contributed by atoms with Gasteiger partial charge in [-0.05, 0) is 74.1 Å². The average molecular weight is 490 g/mol. The Morgan fingerprint density at radius 1 is 1.12 bits per heavy atom. The van der Waals surface area contributed by atoms with Crippen molar-refractivity contribution in [3.8, 4) is 16.9 Å². The fourth-order valence-electron chi connectivity index (χ4n) is 4.87. The first-order chi connectivity index (χ1) is 16.1. The zero-order valence-corrected chi connectivity index (χ0v) is 19.2. The highest BCUT2D eigenvalue weighted by Gasteiger charge is 2.36. The van der Waals surface area contributed by atoms with Crippen molar-refractivity contribution in [2.75, 3.05) is 18.0 Å². The number of benzene rings is 2. The van der Waals surface area contributed by atoms with E-state index < -0.39 is 23.4 Å². The van der Waals surface area contributed by atoms with Crippen molar-refractivity contribution in [2.24, 2.45) is 0 Å². The lowest BCUT2D eigenvalue weighted by Gasteiger charge is -2.22. The quantitative estimate of drug-likeness (QED) is 0.566. The van der Waals surface area contributed by atoms with E-state index in [1.807, 2.05) is 17.9 Å². The number of hydrogen-bond donors (Lipinski definition) is 1. The number of anilines is 1. The maximum atomic E-state index is 14.0. The molecule has 0 saturated carbocycles. The molecule has 178 valence electrons. The van der Waals surface area contributed by atoms with E-state index in [2.05, 4.69) is 5.10 Å². The normalized spacial score (nSPS) is 17.9. The van der Waals surface area contributed by atoms with Gasteiger partial charge < -0.3 is 10.0 Å². The van der Waals surface area contributed by atoms with Crippen molar-refractivity contribution in [3.63, 3.8) is 0 Å². The lowest BCUT2D eigenvalue weighted by molar-refractivity contribution is -0.137. The molecule has 0 bridgehead atoms. The summed E-state index contributed by atoms with van der Waals surface area (Å²) in [5.74, 6) is 0. The van der Waals surface area contributed by atoms with Crippen LogP contribution in [0, 0.1) is 6.92 Å². The Morgan fingerprint density at radius 3 is 2.56 bits per heavy atom. The van der Waals surface area contributed by atoms with Gasteiger partial charge in [0.25, 0.3) is 5.56 Å². The maximum absolute atomic E-state index is 14.0. The number of rotatable bonds is 3. The first kappa shape index (κ1) is 22.9. The van der Waals surface area contributed by atoms with Crippen molar-refractivity contribution in [1.29, 1.82) is 0 Å². The zero-order valence-electron chi connectivity index (χ0n) is 18.5. The number of halogens is 4. The Bertz CT molecular complexity index is 1340. The van der Waals surface area contributed by atoms with E-state index in [1.54, 1.807) is 12.1 Å². The Balaban J connectivity index is 1.75. The van der Waals surface area contributed by atoms with Gasteiger partial charge in [0.1, 0.15) is 0 Å². The van der Waals surface area contributed by atoms with Crippen LogP contribution in [0.4, 0.5) is 18.9 Å². The SMILES string of the molecule is Cc1cc(-c2nn(-c3cc(N4CC[C@H](O)C4)ccc3C(F)(F)F)c(=O)c3c2CCC3)ccc1Cl. The van der Waals surface area contributed by atoms with Crippen LogP contribution in [0.1, 0.15) is 35.1 Å². The largest absolute Gasteiger partial charge is 0.418 e. The summed E-state index contributed by atoms with van der Waals surface area (Å²) in [6, 6.07) is 9.07. The van der Waals surface area contributed by atoms with Gasteiger partial charge in [0.05, 0.1) is 23.0 Å². The van der Waals surface area contributed by atoms with E-state index in [9.17, 15) is 23.1 Å². The van der Waals surface area contributed by atoms with Gasteiger partial charge in [-0.3, -0.25) is 4.79 Å². The standard InChI is InChI=1S/C25H23ClF3N3O2/c1-14-11-15(5-8-21(14)26)23-18-3-2-4-19(18)24(34)32(30-23)22-12-16(31-10-9-17(33)13-31)6-7-20(22)25(27,28)29/h5-8,11-12,17,33H,2-4,9-10,13H2,1H3/t17-/m0/s1. The number of aromatic nitrogens is 2. The van der Waals surface area contributed by atoms with Gasteiger partial charge in [0.15, 0.2) is 0 Å². The van der Waals surface area contributed by atoms with Crippen LogP contribution in [0.25, 0.3) is 16.9 Å². The summed E-state index contributed by atoms with van der Waals surface area (Å²) in [6.45, 7) is 2.69. The molecular formula is C25H23ClF3N3O2. The van der Waals surface area contributed by atoms with E-state index in [0.29, 0.717) is 59.9 Å². The van der Waals surface area contributed by atoms with Crippen molar-refractivity contribution in [3.05, 3.63) is 74.0 Å². The Hall–Kier alpha value is -2.84. The van der Waals surface area contributed by atoms with Crippen molar-refractivity contribution in [2.45, 2.75) is 44.9 Å². The molecule has 9 heteroatoms. The Labute approximate surface area is 199 Å². The third kappa shape index (κ3) is 3.99. The molecule has 1 atom stereocenters. The number of aryl methyl sites for hydroxylation is 1. The Morgan fingerprint density at radius 2 is 1.88 bits per heavy atom. The van der Waals surface area contributed by atoms with Crippen molar-refractivity contribution < 1.29 is 18.3 Å². The van der Waals surface area contributed by atoms with E-state index in [0.717, 1.165) is 28.3 Å². The molecule has 0 spiro atoms. The first-order valence-electron chi connectivity index (χ1n) is 11.2. The van der Waals surface area contributed by atoms with Gasteiger partial charge in [-0.1, -0.05) is 17.7 Å². The molecule has 0 amide bonds. The van der Waals surface area contributed by atoms with Gasteiger partial charge in [0, 0.05) is 34.9 Å². The summed E-state index contributed by atoms with van der Waals surface area (Å²) in [5, 5.41) is 15.0. The van der Waals surface area contributed by atoms with E-state index in [-0.39, 0.29) is 5.69 Å². The second kappa shape index (κ2) is 8.43. The Kier molecular flexibility index (Phi) is 5.68. The summed E-state index contributed by atoms with van der Waals surface area (Å²) in [6.07, 6.45) is -2.79. The second-order valence-corrected chi connectivity index (χ2v) is 9.34. The van der Waals surface area contributed by atoms with Crippen molar-refractivity contribution >= 4 is 17.3 Å². The lowest BCUT2D eigenvalue weighted by atomic mass is 10.0. The topological polar surface area (TPSA) is 58.4 Å². The van der Waals surface area contributed by atoms with E-state index in [1.165, 1.54) is 12.1 Å². The number of aliphatic hydroxyl groups is 1. The predicted molar refractivity (Wildman–Crippen MR) is 125 cm³/mol. The molecular weight excluding hydrogens is 467 g/mol. The highest BCUT2D eigenvalue weighted by atomic mass is 35.5. The molecule has 0 unspecified atom stereocenters. The fourth-order valence-corrected chi connectivity index (χ4v) is 4.99. The molecule has 1 aliphatic carbocycles. The molecule has 5 nitrogen and oxygen atoms in total. The second-order valence-electron chi connectivity index (χ2n) is 8.93. The number of nitrogens with zero attached hydrogens (tertiary/aromatic N) is 3. The van der Waals surface area contributed by atoms with Crippen LogP contribution in [0.3, 0.4) is 0 Å². The molecule has 1 N–H and O–H groups in total. The molecule has 1 aromatic heterocycles. The number of β-amino-alcohol motifs (C(OH)–C–C–N with tert-alkyl or cyclic N) is 1. The molecule has 0 radical (unpaired) electrons. The highest BCUT2D eigenvalue weighted by Crippen LogP contribution is 2.37. The fraction of sp³-hybridized carbons (Fsp3) is 0.360. The minimum Gasteiger partial charge on any atom is -0.391 e. The average Bonchev–Trinajstić information content (AvgIpc) is 3.45. The summed E-state index contributed by atoms with van der Waals surface area (Å²) in [4.78, 5) is 15.2. The third-order valence-electron chi connectivity index (χ3n) is 6.63. The molecule has 34 heavy (non-hydrogen) atoms. The van der Waals surface area contributed by atoms with Crippen LogP contribution in [-0.4, -0.2) is 34.1 Å². The lowest BCUT2D eigenvalue weighted by Crippen LogP contribution is -2.29. The van der Waals surface area contributed by atoms with Gasteiger partial charge in [-0.15, -0.1) is 0 Å². The number of aliphatic hydroxyl groups excluding tert-OH is 1. The molecule has 1 fully saturated rings. The highest BCUT2D eigenvalue weighted by molar-refractivity contribution is 6.31. The van der Waals surface area contributed by atoms with Crippen LogP contribution in [-0.2, 0) is 19.0 Å². The first-order valence-corrected chi connectivity index (χ1v) is 11.6. The summed E-state index contributed by atoms with van der Waals surface area (Å²) < 4.78 is 43.0. The number of hydrogen-bond acceptors (Lipinski definition) is 4. The van der Waals surface area contributed by atoms with Crippen LogP contribution in [0.15, 0.2) is 41.2 Å². The van der Waals surface area contributed by atoms with Gasteiger partial charge in [0.2, 0.25) is 0 Å². The maximum Gasteiger partial charge on any atom is 0.418 e. The molecule has 2 aliphatic rings. The summed E-state index contributed by atoms with van der Waals surface area (Å²) >= 11 is 6.18. The van der Waals surface area contributed by atoms with E-state index >= 15 is 0 Å². The van der Waals surface area contributed by atoms with Crippen molar-refractivity contribution in [1.82, 2.24) is 9.78 Å². The monoisotopic (exact) mass is 489 g/mol. The molecule has 1 saturated heterocycles. The zero-order chi connectivity index (χ0) is 24.2. The molecule has 1 aliphatic heterocycles. The third-order valence-corrected chi connectivity index (χ3v) is 7.05. The van der Waals surface area contributed by atoms with Gasteiger partial charge >= 0.3 is 6.18 Å². The molecule has 5 rings (SSSR count). The van der Waals surface area contributed by atoms with Crippen LogP contribution in [0.2, 0.25) is 5.02 Å². The van der Waals surface area contributed by atoms with Crippen LogP contribution >= 0.6 is 11.6 Å². The minimum atomic E-state index is -4.67. The minimum absolute atomic E-state index is 0.307. The number of alkyl halides is 3. The predicted octanol–water partition coefficient (Wildman–Crippen LogP) is 4.94. The van der Waals surface area contributed by atoms with E-state index in [4.69, 9.17) is 11.6 Å². The molecule has 3 aromatic rings. The number of fused-ring (bicyclic) bond motifs is 1.